The van der Waals surface area contributed by atoms with Crippen molar-refractivity contribution in [3.05, 3.63) is 44.7 Å². The lowest BCUT2D eigenvalue weighted by Gasteiger charge is -2.13. The van der Waals surface area contributed by atoms with E-state index in [2.05, 4.69) is 31.5 Å². The smallest absolute Gasteiger partial charge is 0.315 e. The van der Waals surface area contributed by atoms with Gasteiger partial charge in [0.15, 0.2) is 0 Å². The van der Waals surface area contributed by atoms with Crippen LogP contribution in [0.15, 0.2) is 34.2 Å². The minimum atomic E-state index is -0.186. The van der Waals surface area contributed by atoms with E-state index >= 15 is 0 Å². The molecule has 0 radical (unpaired) electrons. The first-order valence-corrected chi connectivity index (χ1v) is 9.72. The van der Waals surface area contributed by atoms with Crippen LogP contribution in [0, 0.1) is 0 Å². The van der Waals surface area contributed by atoms with Gasteiger partial charge in [-0.1, -0.05) is 0 Å². The number of pyridine rings is 1. The maximum atomic E-state index is 11.9. The first-order chi connectivity index (χ1) is 11.7. The molecule has 0 saturated heterocycles. The summed E-state index contributed by atoms with van der Waals surface area (Å²) in [6.45, 7) is 0.970. The zero-order chi connectivity index (χ0) is 16.8. The monoisotopic (exact) mass is 409 g/mol. The molecule has 2 aromatic heterocycles. The van der Waals surface area contributed by atoms with Gasteiger partial charge in [-0.25, -0.2) is 9.78 Å². The summed E-state index contributed by atoms with van der Waals surface area (Å²) in [7, 11) is 0. The lowest BCUT2D eigenvalue weighted by molar-refractivity contribution is 0.201. The molecule has 2 N–H and O–H groups in total. The van der Waals surface area contributed by atoms with Gasteiger partial charge in [-0.15, -0.1) is 11.3 Å². The van der Waals surface area contributed by atoms with Crippen LogP contribution in [0.1, 0.15) is 36.1 Å². The standard InChI is InChI=1S/C17H20BrN3O2S/c18-13-8-15(24-11-13)10-21-17(22)20-9-12-5-6-19-16(7-12)23-14-3-1-2-4-14/h5-8,11,14H,1-4,9-10H2,(H2,20,21,22). The van der Waals surface area contributed by atoms with Gasteiger partial charge in [-0.2, -0.15) is 0 Å². The third kappa shape index (κ3) is 5.21. The Hall–Kier alpha value is -1.60. The fourth-order valence-electron chi connectivity index (χ4n) is 2.66. The lowest BCUT2D eigenvalue weighted by Crippen LogP contribution is -2.34. The molecule has 128 valence electrons. The molecule has 1 fully saturated rings. The number of nitrogens with zero attached hydrogens (tertiary/aromatic N) is 1. The summed E-state index contributed by atoms with van der Waals surface area (Å²) in [5, 5.41) is 7.70. The number of amides is 2. The van der Waals surface area contributed by atoms with Gasteiger partial charge in [0.1, 0.15) is 6.10 Å². The predicted octanol–water partition coefficient (Wildman–Crippen LogP) is 4.23. The number of carbonyl (C=O) groups excluding carboxylic acids is 1. The lowest BCUT2D eigenvalue weighted by atomic mass is 10.2. The van der Waals surface area contributed by atoms with Crippen LogP contribution >= 0.6 is 27.3 Å². The Morgan fingerprint density at radius 3 is 2.83 bits per heavy atom. The van der Waals surface area contributed by atoms with Crippen molar-refractivity contribution in [2.75, 3.05) is 0 Å². The summed E-state index contributed by atoms with van der Waals surface area (Å²) < 4.78 is 6.93. The van der Waals surface area contributed by atoms with Gasteiger partial charge in [0.2, 0.25) is 5.88 Å². The van der Waals surface area contributed by atoms with Crippen LogP contribution in [-0.2, 0) is 13.1 Å². The van der Waals surface area contributed by atoms with Crippen LogP contribution in [0.3, 0.4) is 0 Å². The maximum absolute atomic E-state index is 11.9. The third-order valence-electron chi connectivity index (χ3n) is 3.89. The first kappa shape index (κ1) is 17.2. The molecular formula is C17H20BrN3O2S. The van der Waals surface area contributed by atoms with Crippen molar-refractivity contribution in [3.63, 3.8) is 0 Å². The van der Waals surface area contributed by atoms with E-state index in [0.717, 1.165) is 27.8 Å². The molecule has 7 heteroatoms. The van der Waals surface area contributed by atoms with Gasteiger partial charge in [-0.05, 0) is 59.3 Å². The van der Waals surface area contributed by atoms with Crippen molar-refractivity contribution in [2.24, 2.45) is 0 Å². The minimum absolute atomic E-state index is 0.186. The van der Waals surface area contributed by atoms with Crippen molar-refractivity contribution in [3.8, 4) is 5.88 Å². The molecule has 0 unspecified atom stereocenters. The quantitative estimate of drug-likeness (QED) is 0.750. The van der Waals surface area contributed by atoms with E-state index in [9.17, 15) is 4.79 Å². The second-order valence-corrected chi connectivity index (χ2v) is 7.71. The van der Waals surface area contributed by atoms with E-state index in [-0.39, 0.29) is 12.1 Å². The van der Waals surface area contributed by atoms with Crippen molar-refractivity contribution >= 4 is 33.3 Å². The van der Waals surface area contributed by atoms with Crippen molar-refractivity contribution in [1.82, 2.24) is 15.6 Å². The normalized spacial score (nSPS) is 14.5. The number of rotatable bonds is 6. The Bertz CT molecular complexity index is 686. The Morgan fingerprint density at radius 2 is 2.08 bits per heavy atom. The first-order valence-electron chi connectivity index (χ1n) is 8.05. The molecule has 1 aliphatic carbocycles. The van der Waals surface area contributed by atoms with E-state index in [1.165, 1.54) is 12.8 Å². The number of carbonyl (C=O) groups is 1. The number of halogens is 1. The molecule has 1 aliphatic rings. The number of thiophene rings is 1. The number of aromatic nitrogens is 1. The van der Waals surface area contributed by atoms with E-state index in [1.54, 1.807) is 17.5 Å². The Kier molecular flexibility index (Phi) is 6.09. The van der Waals surface area contributed by atoms with Crippen LogP contribution in [0.25, 0.3) is 0 Å². The number of ether oxygens (including phenoxy) is 1. The average molecular weight is 410 g/mol. The highest BCUT2D eigenvalue weighted by Crippen LogP contribution is 2.23. The number of urea groups is 1. The molecule has 2 amide bonds. The molecule has 0 aliphatic heterocycles. The summed E-state index contributed by atoms with van der Waals surface area (Å²) in [4.78, 5) is 17.2. The molecule has 24 heavy (non-hydrogen) atoms. The molecule has 3 rings (SSSR count). The van der Waals surface area contributed by atoms with E-state index < -0.39 is 0 Å². The highest BCUT2D eigenvalue weighted by atomic mass is 79.9. The summed E-state index contributed by atoms with van der Waals surface area (Å²) in [5.41, 5.74) is 0.979. The van der Waals surface area contributed by atoms with Crippen LogP contribution in [-0.4, -0.2) is 17.1 Å². The van der Waals surface area contributed by atoms with Gasteiger partial charge in [0.25, 0.3) is 0 Å². The molecule has 1 saturated carbocycles. The van der Waals surface area contributed by atoms with Crippen LogP contribution in [0.5, 0.6) is 5.88 Å². The molecular weight excluding hydrogens is 390 g/mol. The zero-order valence-corrected chi connectivity index (χ0v) is 15.7. The van der Waals surface area contributed by atoms with Gasteiger partial charge in [-0.3, -0.25) is 0 Å². The third-order valence-corrected chi connectivity index (χ3v) is 5.58. The van der Waals surface area contributed by atoms with Crippen LogP contribution in [0.4, 0.5) is 4.79 Å². The highest BCUT2D eigenvalue weighted by Gasteiger charge is 2.17. The van der Waals surface area contributed by atoms with Crippen molar-refractivity contribution in [2.45, 2.75) is 44.9 Å². The number of nitrogens with one attached hydrogen (secondary N) is 2. The van der Waals surface area contributed by atoms with Crippen molar-refractivity contribution < 1.29 is 9.53 Å². The second-order valence-electron chi connectivity index (χ2n) is 5.79. The highest BCUT2D eigenvalue weighted by molar-refractivity contribution is 9.10. The number of hydrogen-bond donors (Lipinski definition) is 2. The van der Waals surface area contributed by atoms with E-state index in [4.69, 9.17) is 4.74 Å². The Morgan fingerprint density at radius 1 is 1.29 bits per heavy atom. The molecule has 0 aromatic carbocycles. The largest absolute Gasteiger partial charge is 0.474 e. The topological polar surface area (TPSA) is 63.2 Å². The molecule has 5 nitrogen and oxygen atoms in total. The average Bonchev–Trinajstić information content (AvgIpc) is 3.23. The van der Waals surface area contributed by atoms with Crippen molar-refractivity contribution in [1.29, 1.82) is 0 Å². The summed E-state index contributed by atoms with van der Waals surface area (Å²) in [6, 6.07) is 5.60. The Labute approximate surface area is 154 Å². The fourth-order valence-corrected chi connectivity index (χ4v) is 4.05. The van der Waals surface area contributed by atoms with Gasteiger partial charge in [0, 0.05) is 33.5 Å². The predicted molar refractivity (Wildman–Crippen MR) is 98.2 cm³/mol. The fraction of sp³-hybridized carbons (Fsp3) is 0.412. The molecule has 2 heterocycles. The minimum Gasteiger partial charge on any atom is -0.474 e. The summed E-state index contributed by atoms with van der Waals surface area (Å²) in [6.07, 6.45) is 6.67. The SMILES string of the molecule is O=C(NCc1ccnc(OC2CCCC2)c1)NCc1cc(Br)cs1. The molecule has 0 spiro atoms. The summed E-state index contributed by atoms with van der Waals surface area (Å²) >= 11 is 5.01. The van der Waals surface area contributed by atoms with E-state index in [1.807, 2.05) is 23.6 Å². The Balaban J connectivity index is 1.44. The van der Waals surface area contributed by atoms with Gasteiger partial charge in [0.05, 0.1) is 6.54 Å². The molecule has 2 aromatic rings. The second kappa shape index (κ2) is 8.48. The molecule has 0 atom stereocenters. The number of hydrogen-bond acceptors (Lipinski definition) is 4. The van der Waals surface area contributed by atoms with E-state index in [0.29, 0.717) is 19.0 Å². The maximum Gasteiger partial charge on any atom is 0.315 e. The molecule has 0 bridgehead atoms. The van der Waals surface area contributed by atoms with Gasteiger partial charge >= 0.3 is 6.03 Å². The van der Waals surface area contributed by atoms with Gasteiger partial charge < -0.3 is 15.4 Å². The zero-order valence-electron chi connectivity index (χ0n) is 13.3. The van der Waals surface area contributed by atoms with Crippen LogP contribution in [0.2, 0.25) is 0 Å². The van der Waals surface area contributed by atoms with Crippen LogP contribution < -0.4 is 15.4 Å². The summed E-state index contributed by atoms with van der Waals surface area (Å²) in [5.74, 6) is 0.644.